The molecule has 1 aliphatic heterocycles. The third-order valence-electron chi connectivity index (χ3n) is 4.00. The minimum absolute atomic E-state index is 0.0184. The lowest BCUT2D eigenvalue weighted by Crippen LogP contribution is -2.32. The second-order valence-corrected chi connectivity index (χ2v) is 6.84. The van der Waals surface area contributed by atoms with E-state index in [9.17, 15) is 4.39 Å². The molecule has 26 heavy (non-hydrogen) atoms. The van der Waals surface area contributed by atoms with Crippen LogP contribution in [0.25, 0.3) is 0 Å². The van der Waals surface area contributed by atoms with E-state index < -0.39 is 10.4 Å². The van der Waals surface area contributed by atoms with Crippen LogP contribution in [0.5, 0.6) is 5.75 Å². The second kappa shape index (κ2) is 9.63. The van der Waals surface area contributed by atoms with Crippen molar-refractivity contribution in [3.05, 3.63) is 66.0 Å². The zero-order valence-corrected chi connectivity index (χ0v) is 14.9. The molecule has 1 atom stereocenters. The normalized spacial score (nSPS) is 16.3. The van der Waals surface area contributed by atoms with Gasteiger partial charge in [0.15, 0.2) is 0 Å². The van der Waals surface area contributed by atoms with Crippen LogP contribution in [0.1, 0.15) is 24.5 Å². The van der Waals surface area contributed by atoms with E-state index in [1.165, 1.54) is 12.1 Å². The van der Waals surface area contributed by atoms with E-state index in [0.29, 0.717) is 11.7 Å². The van der Waals surface area contributed by atoms with Gasteiger partial charge in [-0.3, -0.25) is 9.11 Å². The third kappa shape index (κ3) is 7.49. The zero-order chi connectivity index (χ0) is 19.0. The fraction of sp³-hybridized carbons (Fsp3) is 0.333. The van der Waals surface area contributed by atoms with E-state index in [1.54, 1.807) is 6.07 Å². The Bertz CT molecular complexity index is 771. The molecule has 142 valence electrons. The third-order valence-corrected chi connectivity index (χ3v) is 4.00. The molecule has 2 aromatic rings. The molecule has 0 bridgehead atoms. The van der Waals surface area contributed by atoms with Gasteiger partial charge >= 0.3 is 10.4 Å². The molecule has 0 amide bonds. The Morgan fingerprint density at radius 1 is 1.04 bits per heavy atom. The van der Waals surface area contributed by atoms with Crippen molar-refractivity contribution in [1.82, 2.24) is 5.32 Å². The van der Waals surface area contributed by atoms with Crippen molar-refractivity contribution >= 4 is 10.4 Å². The Labute approximate surface area is 152 Å². The first-order chi connectivity index (χ1) is 12.3. The lowest BCUT2D eigenvalue weighted by molar-refractivity contribution is 0.112. The van der Waals surface area contributed by atoms with E-state index in [0.717, 1.165) is 31.5 Å². The Balaban J connectivity index is 0.000000431. The molecular weight excluding hydrogens is 361 g/mol. The highest BCUT2D eigenvalue weighted by molar-refractivity contribution is 7.79. The molecule has 0 aromatic heterocycles. The molecule has 3 rings (SSSR count). The molecule has 0 spiro atoms. The maximum atomic E-state index is 13.4. The molecule has 1 aliphatic rings. The summed E-state index contributed by atoms with van der Waals surface area (Å²) >= 11 is 0. The second-order valence-electron chi connectivity index (χ2n) is 5.94. The van der Waals surface area contributed by atoms with Gasteiger partial charge < -0.3 is 10.1 Å². The van der Waals surface area contributed by atoms with E-state index >= 15 is 0 Å². The van der Waals surface area contributed by atoms with Crippen LogP contribution in [0.3, 0.4) is 0 Å². The molecular formula is C18H22FNO5S. The minimum Gasteiger partial charge on any atom is -0.485 e. The van der Waals surface area contributed by atoms with Crippen LogP contribution < -0.4 is 10.1 Å². The molecule has 2 aromatic carbocycles. The van der Waals surface area contributed by atoms with Crippen molar-refractivity contribution in [1.29, 1.82) is 0 Å². The van der Waals surface area contributed by atoms with Crippen molar-refractivity contribution in [3.63, 3.8) is 0 Å². The summed E-state index contributed by atoms with van der Waals surface area (Å²) in [7, 11) is -4.67. The van der Waals surface area contributed by atoms with Crippen LogP contribution in [-0.2, 0) is 10.4 Å². The first kappa shape index (κ1) is 20.3. The van der Waals surface area contributed by atoms with Crippen LogP contribution in [0.2, 0.25) is 0 Å². The molecule has 3 N–H and O–H groups in total. The Kier molecular flexibility index (Phi) is 7.52. The number of hydrogen-bond acceptors (Lipinski definition) is 4. The summed E-state index contributed by atoms with van der Waals surface area (Å²) < 4.78 is 51.1. The van der Waals surface area contributed by atoms with Crippen LogP contribution in [0.15, 0.2) is 54.6 Å². The average molecular weight is 383 g/mol. The van der Waals surface area contributed by atoms with E-state index in [-0.39, 0.29) is 11.9 Å². The number of halogens is 1. The SMILES string of the molecule is Fc1cccc(O[C@H](c2ccccc2)C2CCNCC2)c1.O=S(=O)(O)O. The zero-order valence-electron chi connectivity index (χ0n) is 14.1. The van der Waals surface area contributed by atoms with Gasteiger partial charge in [0.25, 0.3) is 0 Å². The van der Waals surface area contributed by atoms with Gasteiger partial charge in [-0.2, -0.15) is 8.42 Å². The predicted molar refractivity (Wildman–Crippen MR) is 96.0 cm³/mol. The van der Waals surface area contributed by atoms with E-state index in [1.807, 2.05) is 24.3 Å². The van der Waals surface area contributed by atoms with Crippen molar-refractivity contribution < 1.29 is 26.7 Å². The van der Waals surface area contributed by atoms with Crippen molar-refractivity contribution in [2.24, 2.45) is 5.92 Å². The number of benzene rings is 2. The van der Waals surface area contributed by atoms with Gasteiger partial charge in [0.1, 0.15) is 17.7 Å². The first-order valence-corrected chi connectivity index (χ1v) is 9.60. The van der Waals surface area contributed by atoms with Gasteiger partial charge in [-0.1, -0.05) is 36.4 Å². The van der Waals surface area contributed by atoms with Gasteiger partial charge in [0.2, 0.25) is 0 Å². The summed E-state index contributed by atoms with van der Waals surface area (Å²) in [6, 6.07) is 16.6. The summed E-state index contributed by atoms with van der Waals surface area (Å²) in [5.41, 5.74) is 1.16. The quantitative estimate of drug-likeness (QED) is 0.701. The summed E-state index contributed by atoms with van der Waals surface area (Å²) in [5, 5.41) is 3.38. The minimum atomic E-state index is -4.67. The van der Waals surface area contributed by atoms with E-state index in [2.05, 4.69) is 17.4 Å². The fourth-order valence-corrected chi connectivity index (χ4v) is 2.91. The summed E-state index contributed by atoms with van der Waals surface area (Å²) in [6.07, 6.45) is 2.14. The monoisotopic (exact) mass is 383 g/mol. The highest BCUT2D eigenvalue weighted by atomic mass is 32.3. The molecule has 0 unspecified atom stereocenters. The molecule has 8 heteroatoms. The van der Waals surface area contributed by atoms with Crippen molar-refractivity contribution in [3.8, 4) is 5.75 Å². The topological polar surface area (TPSA) is 95.9 Å². The lowest BCUT2D eigenvalue weighted by Gasteiger charge is -2.31. The smallest absolute Gasteiger partial charge is 0.394 e. The summed E-state index contributed by atoms with van der Waals surface area (Å²) in [6.45, 7) is 2.03. The first-order valence-electron chi connectivity index (χ1n) is 8.20. The largest absolute Gasteiger partial charge is 0.485 e. The number of piperidine rings is 1. The molecule has 6 nitrogen and oxygen atoms in total. The van der Waals surface area contributed by atoms with Crippen LogP contribution >= 0.6 is 0 Å². The Morgan fingerprint density at radius 3 is 2.23 bits per heavy atom. The number of nitrogens with one attached hydrogen (secondary N) is 1. The molecule has 0 radical (unpaired) electrons. The summed E-state index contributed by atoms with van der Waals surface area (Å²) in [4.78, 5) is 0. The fourth-order valence-electron chi connectivity index (χ4n) is 2.91. The Hall–Kier alpha value is -2.00. The summed E-state index contributed by atoms with van der Waals surface area (Å²) in [5.74, 6) is 0.795. The molecule has 1 fully saturated rings. The molecule has 0 saturated carbocycles. The van der Waals surface area contributed by atoms with Gasteiger partial charge in [0.05, 0.1) is 0 Å². The maximum absolute atomic E-state index is 13.4. The standard InChI is InChI=1S/C18H20FNO.H2O4S/c19-16-7-4-8-17(13-16)21-18(14-5-2-1-3-6-14)15-9-11-20-12-10-15;1-5(2,3)4/h1-8,13,15,18,20H,9-12H2;(H2,1,2,3,4)/t18-;/m1./s1. The predicted octanol–water partition coefficient (Wildman–Crippen LogP) is 3.29. The van der Waals surface area contributed by atoms with Crippen molar-refractivity contribution in [2.45, 2.75) is 18.9 Å². The van der Waals surface area contributed by atoms with E-state index in [4.69, 9.17) is 22.3 Å². The van der Waals surface area contributed by atoms with Gasteiger partial charge in [0, 0.05) is 12.0 Å². The van der Waals surface area contributed by atoms with Gasteiger partial charge in [-0.05, 0) is 43.6 Å². The van der Waals surface area contributed by atoms with Crippen LogP contribution in [0, 0.1) is 11.7 Å². The maximum Gasteiger partial charge on any atom is 0.394 e. The van der Waals surface area contributed by atoms with Crippen molar-refractivity contribution in [2.75, 3.05) is 13.1 Å². The Morgan fingerprint density at radius 2 is 1.65 bits per heavy atom. The van der Waals surface area contributed by atoms with Gasteiger partial charge in [-0.15, -0.1) is 0 Å². The number of hydrogen-bond donors (Lipinski definition) is 3. The number of ether oxygens (including phenoxy) is 1. The molecule has 0 aliphatic carbocycles. The average Bonchev–Trinajstić information content (AvgIpc) is 2.60. The lowest BCUT2D eigenvalue weighted by atomic mass is 9.88. The van der Waals surface area contributed by atoms with Gasteiger partial charge in [-0.25, -0.2) is 4.39 Å². The molecule has 1 saturated heterocycles. The number of rotatable bonds is 4. The molecule has 1 heterocycles. The van der Waals surface area contributed by atoms with Crippen LogP contribution in [0.4, 0.5) is 4.39 Å². The van der Waals surface area contributed by atoms with Crippen LogP contribution in [-0.4, -0.2) is 30.6 Å². The highest BCUT2D eigenvalue weighted by Gasteiger charge is 2.26. The highest BCUT2D eigenvalue weighted by Crippen LogP contribution is 2.33.